The van der Waals surface area contributed by atoms with Crippen molar-refractivity contribution in [2.24, 2.45) is 5.92 Å². The number of aromatic nitrogens is 4. The molecule has 4 N–H and O–H groups in total. The Morgan fingerprint density at radius 3 is 2.82 bits per heavy atom. The summed E-state index contributed by atoms with van der Waals surface area (Å²) < 4.78 is 2.08. The monoisotopic (exact) mass is 395 g/mol. The predicted octanol–water partition coefficient (Wildman–Crippen LogP) is 4.38. The van der Waals surface area contributed by atoms with Gasteiger partial charge in [-0.15, -0.1) is 0 Å². The minimum atomic E-state index is 0.271. The fourth-order valence-corrected chi connectivity index (χ4v) is 4.64. The quantitative estimate of drug-likeness (QED) is 0.480. The zero-order valence-corrected chi connectivity index (χ0v) is 16.2. The summed E-state index contributed by atoms with van der Waals surface area (Å²) in [5, 5.41) is 11.2. The van der Waals surface area contributed by atoms with E-state index in [1.807, 2.05) is 24.4 Å². The van der Waals surface area contributed by atoms with Gasteiger partial charge in [-0.05, 0) is 43.7 Å². The Morgan fingerprint density at radius 2 is 2.07 bits per heavy atom. The van der Waals surface area contributed by atoms with Crippen molar-refractivity contribution in [3.63, 3.8) is 0 Å². The molecule has 0 amide bonds. The van der Waals surface area contributed by atoms with Gasteiger partial charge in [0.05, 0.1) is 16.2 Å². The number of fused-ring (bicyclic) bond motifs is 2. The number of nitrogens with one attached hydrogen (secondary N) is 1. The minimum Gasteiger partial charge on any atom is -0.396 e. The van der Waals surface area contributed by atoms with Crippen LogP contribution in [0.2, 0.25) is 5.02 Å². The van der Waals surface area contributed by atoms with Crippen LogP contribution in [0.1, 0.15) is 37.4 Å². The summed E-state index contributed by atoms with van der Waals surface area (Å²) in [5.74, 6) is 2.23. The summed E-state index contributed by atoms with van der Waals surface area (Å²) in [4.78, 5) is 12.7. The highest BCUT2D eigenvalue weighted by molar-refractivity contribution is 6.35. The molecule has 0 saturated heterocycles. The number of nitrogen functional groups attached to an aromatic ring is 1. The zero-order chi connectivity index (χ0) is 19.3. The molecular formula is C21H22ClN5O. The van der Waals surface area contributed by atoms with Gasteiger partial charge in [0, 0.05) is 30.3 Å². The SMILES string of the molecule is Nc1nccn2c(C3CCC(CO)CC3)nc(-c3cc4cccc(Cl)c4[nH]3)c12. The topological polar surface area (TPSA) is 92.2 Å². The lowest BCUT2D eigenvalue weighted by Crippen LogP contribution is -2.17. The predicted molar refractivity (Wildman–Crippen MR) is 111 cm³/mol. The summed E-state index contributed by atoms with van der Waals surface area (Å²) in [7, 11) is 0. The van der Waals surface area contributed by atoms with Gasteiger partial charge in [-0.3, -0.25) is 4.40 Å². The number of nitrogens with two attached hydrogens (primary N) is 1. The number of benzene rings is 1. The number of aromatic amines is 1. The maximum atomic E-state index is 9.44. The molecule has 144 valence electrons. The van der Waals surface area contributed by atoms with Crippen LogP contribution < -0.4 is 5.73 Å². The van der Waals surface area contributed by atoms with Crippen molar-refractivity contribution >= 4 is 33.8 Å². The zero-order valence-electron chi connectivity index (χ0n) is 15.4. The van der Waals surface area contributed by atoms with E-state index in [2.05, 4.69) is 20.4 Å². The van der Waals surface area contributed by atoms with Gasteiger partial charge in [0.15, 0.2) is 0 Å². The van der Waals surface area contributed by atoms with Crippen molar-refractivity contribution in [1.82, 2.24) is 19.4 Å². The molecule has 0 atom stereocenters. The van der Waals surface area contributed by atoms with Crippen LogP contribution in [-0.2, 0) is 0 Å². The molecule has 1 aromatic carbocycles. The Labute approximate surface area is 167 Å². The molecule has 28 heavy (non-hydrogen) atoms. The van der Waals surface area contributed by atoms with Crippen LogP contribution >= 0.6 is 11.6 Å². The molecular weight excluding hydrogens is 374 g/mol. The number of hydrogen-bond donors (Lipinski definition) is 3. The molecule has 4 aromatic rings. The van der Waals surface area contributed by atoms with Crippen molar-refractivity contribution in [1.29, 1.82) is 0 Å². The third-order valence-electron chi connectivity index (χ3n) is 5.94. The van der Waals surface area contributed by atoms with Gasteiger partial charge >= 0.3 is 0 Å². The number of hydrogen-bond acceptors (Lipinski definition) is 4. The lowest BCUT2D eigenvalue weighted by molar-refractivity contribution is 0.181. The van der Waals surface area contributed by atoms with Crippen LogP contribution in [0, 0.1) is 5.92 Å². The number of imidazole rings is 1. The Bertz CT molecular complexity index is 1160. The molecule has 1 aliphatic rings. The van der Waals surface area contributed by atoms with Crippen molar-refractivity contribution in [3.05, 3.63) is 47.5 Å². The molecule has 0 aliphatic heterocycles. The lowest BCUT2D eigenvalue weighted by Gasteiger charge is -2.26. The molecule has 5 rings (SSSR count). The Morgan fingerprint density at radius 1 is 1.25 bits per heavy atom. The van der Waals surface area contributed by atoms with Crippen LogP contribution in [0.4, 0.5) is 5.82 Å². The molecule has 1 aliphatic carbocycles. The third kappa shape index (κ3) is 2.75. The Hall–Kier alpha value is -2.57. The number of anilines is 1. The van der Waals surface area contributed by atoms with Gasteiger partial charge in [0.1, 0.15) is 22.9 Å². The summed E-state index contributed by atoms with van der Waals surface area (Å²) in [6, 6.07) is 7.89. The molecule has 3 heterocycles. The van der Waals surface area contributed by atoms with Crippen molar-refractivity contribution in [2.45, 2.75) is 31.6 Å². The second-order valence-electron chi connectivity index (χ2n) is 7.64. The van der Waals surface area contributed by atoms with E-state index < -0.39 is 0 Å². The first kappa shape index (κ1) is 17.5. The van der Waals surface area contributed by atoms with E-state index in [9.17, 15) is 5.11 Å². The van der Waals surface area contributed by atoms with Gasteiger partial charge in [-0.1, -0.05) is 23.7 Å². The van der Waals surface area contributed by atoms with Crippen LogP contribution in [0.15, 0.2) is 36.7 Å². The highest BCUT2D eigenvalue weighted by atomic mass is 35.5. The second kappa shape index (κ2) is 6.79. The van der Waals surface area contributed by atoms with E-state index in [0.29, 0.717) is 22.7 Å². The molecule has 0 spiro atoms. The molecule has 3 aromatic heterocycles. The summed E-state index contributed by atoms with van der Waals surface area (Å²) in [5.41, 5.74) is 9.67. The summed E-state index contributed by atoms with van der Waals surface area (Å²) in [6.07, 6.45) is 7.74. The molecule has 0 unspecified atom stereocenters. The summed E-state index contributed by atoms with van der Waals surface area (Å²) >= 11 is 6.35. The number of halogens is 1. The van der Waals surface area contributed by atoms with Gasteiger partial charge in [0.2, 0.25) is 0 Å². The molecule has 0 bridgehead atoms. The first-order valence-corrected chi connectivity index (χ1v) is 10.0. The number of rotatable bonds is 3. The molecule has 1 saturated carbocycles. The highest BCUT2D eigenvalue weighted by Gasteiger charge is 2.27. The van der Waals surface area contributed by atoms with Crippen LogP contribution in [-0.4, -0.2) is 31.1 Å². The number of aliphatic hydroxyl groups excluding tert-OH is 1. The van der Waals surface area contributed by atoms with E-state index in [0.717, 1.165) is 59.3 Å². The second-order valence-corrected chi connectivity index (χ2v) is 8.04. The fraction of sp³-hybridized carbons (Fsp3) is 0.333. The maximum Gasteiger partial charge on any atom is 0.150 e. The third-order valence-corrected chi connectivity index (χ3v) is 6.26. The standard InChI is InChI=1S/C21H22ClN5O/c22-15-3-1-2-14-10-16(25-17(14)15)18-19-20(23)24-8-9-27(19)21(26-18)13-6-4-12(11-28)5-7-13/h1-3,8-10,12-13,25,28H,4-7,11H2,(H2,23,24). The van der Waals surface area contributed by atoms with Crippen molar-refractivity contribution in [2.75, 3.05) is 12.3 Å². The molecule has 0 radical (unpaired) electrons. The lowest BCUT2D eigenvalue weighted by atomic mass is 9.82. The van der Waals surface area contributed by atoms with Gasteiger partial charge < -0.3 is 15.8 Å². The van der Waals surface area contributed by atoms with Gasteiger partial charge in [-0.2, -0.15) is 0 Å². The average molecular weight is 396 g/mol. The largest absolute Gasteiger partial charge is 0.396 e. The average Bonchev–Trinajstić information content (AvgIpc) is 3.31. The minimum absolute atomic E-state index is 0.271. The van der Waals surface area contributed by atoms with Gasteiger partial charge in [-0.25, -0.2) is 9.97 Å². The molecule has 1 fully saturated rings. The molecule has 7 heteroatoms. The van der Waals surface area contributed by atoms with E-state index >= 15 is 0 Å². The first-order chi connectivity index (χ1) is 13.7. The van der Waals surface area contributed by atoms with E-state index in [1.165, 1.54) is 0 Å². The normalized spacial score (nSPS) is 20.2. The van der Waals surface area contributed by atoms with E-state index in [-0.39, 0.29) is 6.61 Å². The first-order valence-electron chi connectivity index (χ1n) is 9.66. The smallest absolute Gasteiger partial charge is 0.150 e. The van der Waals surface area contributed by atoms with Gasteiger partial charge in [0.25, 0.3) is 0 Å². The Kier molecular flexibility index (Phi) is 4.25. The van der Waals surface area contributed by atoms with Crippen molar-refractivity contribution in [3.8, 4) is 11.4 Å². The number of H-pyrrole nitrogens is 1. The molecule has 6 nitrogen and oxygen atoms in total. The fourth-order valence-electron chi connectivity index (χ4n) is 4.41. The Balaban J connectivity index is 1.66. The summed E-state index contributed by atoms with van der Waals surface area (Å²) in [6.45, 7) is 0.271. The number of nitrogens with zero attached hydrogens (tertiary/aromatic N) is 3. The highest BCUT2D eigenvalue weighted by Crippen LogP contribution is 2.39. The number of para-hydroxylation sites is 1. The van der Waals surface area contributed by atoms with E-state index in [1.54, 1.807) is 6.20 Å². The van der Waals surface area contributed by atoms with Crippen molar-refractivity contribution < 1.29 is 5.11 Å². The number of aliphatic hydroxyl groups is 1. The van der Waals surface area contributed by atoms with Crippen LogP contribution in [0.25, 0.3) is 27.8 Å². The van der Waals surface area contributed by atoms with Crippen LogP contribution in [0.3, 0.4) is 0 Å². The van der Waals surface area contributed by atoms with E-state index in [4.69, 9.17) is 22.3 Å². The van der Waals surface area contributed by atoms with Crippen LogP contribution in [0.5, 0.6) is 0 Å². The maximum absolute atomic E-state index is 9.44.